The molecule has 0 atom stereocenters. The van der Waals surface area contributed by atoms with Crippen LogP contribution in [0.1, 0.15) is 23.2 Å². The van der Waals surface area contributed by atoms with Crippen molar-refractivity contribution < 1.29 is 9.90 Å². The minimum absolute atomic E-state index is 0.332. The molecule has 0 heterocycles. The molecule has 1 aliphatic carbocycles. The van der Waals surface area contributed by atoms with Crippen molar-refractivity contribution in [3.63, 3.8) is 0 Å². The predicted molar refractivity (Wildman–Crippen MR) is 62.3 cm³/mol. The fourth-order valence-corrected chi connectivity index (χ4v) is 1.79. The maximum atomic E-state index is 10.9. The molecule has 1 fully saturated rings. The van der Waals surface area contributed by atoms with Crippen LogP contribution in [0.2, 0.25) is 0 Å². The van der Waals surface area contributed by atoms with Gasteiger partial charge in [-0.25, -0.2) is 4.79 Å². The highest BCUT2D eigenvalue weighted by Crippen LogP contribution is 2.30. The Morgan fingerprint density at radius 3 is 2.87 bits per heavy atom. The molecule has 4 heteroatoms. The van der Waals surface area contributed by atoms with Crippen molar-refractivity contribution in [3.05, 3.63) is 28.2 Å². The van der Waals surface area contributed by atoms with Gasteiger partial charge in [0.15, 0.2) is 0 Å². The summed E-state index contributed by atoms with van der Waals surface area (Å²) in [6.07, 6.45) is 2.51. The normalized spacial score (nSPS) is 15.0. The van der Waals surface area contributed by atoms with Crippen molar-refractivity contribution in [3.8, 4) is 0 Å². The first-order chi connectivity index (χ1) is 7.16. The van der Waals surface area contributed by atoms with Gasteiger partial charge in [-0.2, -0.15) is 0 Å². The summed E-state index contributed by atoms with van der Waals surface area (Å²) >= 11 is 3.34. The van der Waals surface area contributed by atoms with Crippen molar-refractivity contribution in [2.75, 3.05) is 11.9 Å². The molecular formula is C11H12BrNO2. The Bertz CT molecular complexity index is 388. The van der Waals surface area contributed by atoms with Crippen molar-refractivity contribution in [2.45, 2.75) is 12.8 Å². The van der Waals surface area contributed by atoms with Crippen LogP contribution in [-0.2, 0) is 0 Å². The molecule has 80 valence electrons. The fourth-order valence-electron chi connectivity index (χ4n) is 1.43. The van der Waals surface area contributed by atoms with Gasteiger partial charge in [-0.1, -0.05) is 15.9 Å². The molecule has 1 saturated carbocycles. The van der Waals surface area contributed by atoms with Gasteiger partial charge in [-0.15, -0.1) is 0 Å². The zero-order valence-electron chi connectivity index (χ0n) is 8.16. The van der Waals surface area contributed by atoms with Crippen LogP contribution in [0.3, 0.4) is 0 Å². The van der Waals surface area contributed by atoms with Crippen molar-refractivity contribution >= 4 is 27.6 Å². The molecule has 1 aliphatic rings. The van der Waals surface area contributed by atoms with Gasteiger partial charge in [0.2, 0.25) is 0 Å². The van der Waals surface area contributed by atoms with Crippen molar-refractivity contribution in [1.29, 1.82) is 0 Å². The Morgan fingerprint density at radius 2 is 2.27 bits per heavy atom. The molecule has 0 saturated heterocycles. The number of hydrogen-bond donors (Lipinski definition) is 2. The highest BCUT2D eigenvalue weighted by molar-refractivity contribution is 9.10. The maximum Gasteiger partial charge on any atom is 0.337 e. The first-order valence-corrected chi connectivity index (χ1v) is 5.73. The van der Waals surface area contributed by atoms with E-state index in [4.69, 9.17) is 5.11 Å². The first kappa shape index (κ1) is 10.5. The van der Waals surface area contributed by atoms with E-state index in [0.29, 0.717) is 11.3 Å². The van der Waals surface area contributed by atoms with Gasteiger partial charge in [0, 0.05) is 16.7 Å². The molecule has 2 rings (SSSR count). The Balaban J connectivity index is 2.16. The highest BCUT2D eigenvalue weighted by atomic mass is 79.9. The molecule has 0 aliphatic heterocycles. The van der Waals surface area contributed by atoms with E-state index in [2.05, 4.69) is 21.2 Å². The van der Waals surface area contributed by atoms with Gasteiger partial charge in [0.25, 0.3) is 0 Å². The molecule has 0 amide bonds. The molecule has 0 unspecified atom stereocenters. The lowest BCUT2D eigenvalue weighted by Crippen LogP contribution is -2.08. The van der Waals surface area contributed by atoms with E-state index >= 15 is 0 Å². The molecule has 2 N–H and O–H groups in total. The predicted octanol–water partition coefficient (Wildman–Crippen LogP) is 2.97. The van der Waals surface area contributed by atoms with E-state index in [0.717, 1.165) is 16.9 Å². The van der Waals surface area contributed by atoms with E-state index in [-0.39, 0.29) is 0 Å². The maximum absolute atomic E-state index is 10.9. The summed E-state index contributed by atoms with van der Waals surface area (Å²) in [5.74, 6) is -0.161. The monoisotopic (exact) mass is 269 g/mol. The minimum Gasteiger partial charge on any atom is -0.478 e. The lowest BCUT2D eigenvalue weighted by atomic mass is 10.2. The number of anilines is 1. The van der Waals surface area contributed by atoms with E-state index < -0.39 is 5.97 Å². The van der Waals surface area contributed by atoms with Crippen LogP contribution in [0.25, 0.3) is 0 Å². The minimum atomic E-state index is -0.888. The molecule has 3 nitrogen and oxygen atoms in total. The molecule has 1 aromatic rings. The molecule has 0 bridgehead atoms. The van der Waals surface area contributed by atoms with Gasteiger partial charge >= 0.3 is 5.97 Å². The molecular weight excluding hydrogens is 258 g/mol. The largest absolute Gasteiger partial charge is 0.478 e. The van der Waals surface area contributed by atoms with Crippen LogP contribution in [-0.4, -0.2) is 17.6 Å². The SMILES string of the molecule is O=C(O)c1ccc(Br)cc1NCC1CC1. The second kappa shape index (κ2) is 4.23. The second-order valence-electron chi connectivity index (χ2n) is 3.82. The Hall–Kier alpha value is -1.03. The van der Waals surface area contributed by atoms with Gasteiger partial charge < -0.3 is 10.4 Å². The van der Waals surface area contributed by atoms with Crippen LogP contribution < -0.4 is 5.32 Å². The summed E-state index contributed by atoms with van der Waals surface area (Å²) < 4.78 is 0.894. The van der Waals surface area contributed by atoms with Gasteiger partial charge in [0.1, 0.15) is 0 Å². The van der Waals surface area contributed by atoms with E-state index in [1.807, 2.05) is 6.07 Å². The summed E-state index contributed by atoms with van der Waals surface area (Å²) in [5.41, 5.74) is 1.03. The van der Waals surface area contributed by atoms with Crippen LogP contribution in [0.15, 0.2) is 22.7 Å². The summed E-state index contributed by atoms with van der Waals surface area (Å²) in [4.78, 5) is 10.9. The fraction of sp³-hybridized carbons (Fsp3) is 0.364. The van der Waals surface area contributed by atoms with Crippen LogP contribution in [0.4, 0.5) is 5.69 Å². The lowest BCUT2D eigenvalue weighted by molar-refractivity contribution is 0.0698. The number of carbonyl (C=O) groups is 1. The smallest absolute Gasteiger partial charge is 0.337 e. The van der Waals surface area contributed by atoms with Gasteiger partial charge in [-0.3, -0.25) is 0 Å². The van der Waals surface area contributed by atoms with E-state index in [1.54, 1.807) is 12.1 Å². The number of carboxylic acids is 1. The number of carboxylic acid groups (broad SMARTS) is 1. The Morgan fingerprint density at radius 1 is 1.53 bits per heavy atom. The number of rotatable bonds is 4. The van der Waals surface area contributed by atoms with Crippen LogP contribution >= 0.6 is 15.9 Å². The van der Waals surface area contributed by atoms with E-state index in [1.165, 1.54) is 12.8 Å². The van der Waals surface area contributed by atoms with Gasteiger partial charge in [0.05, 0.1) is 5.56 Å². The Labute approximate surface area is 96.6 Å². The molecule has 0 spiro atoms. The summed E-state index contributed by atoms with van der Waals surface area (Å²) in [6.45, 7) is 0.872. The summed E-state index contributed by atoms with van der Waals surface area (Å²) in [5, 5.41) is 12.2. The van der Waals surface area contributed by atoms with E-state index in [9.17, 15) is 4.79 Å². The highest BCUT2D eigenvalue weighted by Gasteiger charge is 2.21. The molecule has 1 aromatic carbocycles. The zero-order chi connectivity index (χ0) is 10.8. The topological polar surface area (TPSA) is 49.3 Å². The summed E-state index contributed by atoms with van der Waals surface area (Å²) in [6, 6.07) is 5.17. The third kappa shape index (κ3) is 2.72. The third-order valence-electron chi connectivity index (χ3n) is 2.49. The number of halogens is 1. The van der Waals surface area contributed by atoms with Crippen LogP contribution in [0, 0.1) is 5.92 Å². The standard InChI is InChI=1S/C11H12BrNO2/c12-8-3-4-9(11(14)15)10(5-8)13-6-7-1-2-7/h3-5,7,13H,1-2,6H2,(H,14,15). The third-order valence-corrected chi connectivity index (χ3v) is 2.98. The summed E-state index contributed by atoms with van der Waals surface area (Å²) in [7, 11) is 0. The number of benzene rings is 1. The van der Waals surface area contributed by atoms with Crippen molar-refractivity contribution in [2.24, 2.45) is 5.92 Å². The molecule has 15 heavy (non-hydrogen) atoms. The Kier molecular flexibility index (Phi) is 2.95. The number of nitrogens with one attached hydrogen (secondary N) is 1. The lowest BCUT2D eigenvalue weighted by Gasteiger charge is -2.09. The number of hydrogen-bond acceptors (Lipinski definition) is 2. The molecule has 0 aromatic heterocycles. The van der Waals surface area contributed by atoms with Gasteiger partial charge in [-0.05, 0) is 37.0 Å². The average molecular weight is 270 g/mol. The number of aromatic carboxylic acids is 1. The average Bonchev–Trinajstić information content (AvgIpc) is 2.97. The van der Waals surface area contributed by atoms with Crippen molar-refractivity contribution in [1.82, 2.24) is 0 Å². The quantitative estimate of drug-likeness (QED) is 0.884. The first-order valence-electron chi connectivity index (χ1n) is 4.93. The zero-order valence-corrected chi connectivity index (χ0v) is 9.75. The van der Waals surface area contributed by atoms with Crippen LogP contribution in [0.5, 0.6) is 0 Å². The second-order valence-corrected chi connectivity index (χ2v) is 4.74. The molecule has 0 radical (unpaired) electrons.